The number of hydrogen-bond donors (Lipinski definition) is 0. The highest BCUT2D eigenvalue weighted by Gasteiger charge is 2.11. The molecular weight excluding hydrogens is 264 g/mol. The predicted octanol–water partition coefficient (Wildman–Crippen LogP) is 4.52. The van der Waals surface area contributed by atoms with Crippen molar-refractivity contribution in [1.29, 1.82) is 0 Å². The van der Waals surface area contributed by atoms with Crippen molar-refractivity contribution in [3.05, 3.63) is 76.8 Å². The number of hydrogen-bond acceptors (Lipinski definition) is 3. The van der Waals surface area contributed by atoms with Gasteiger partial charge >= 0.3 is 0 Å². The average molecular weight is 278 g/mol. The Balaban J connectivity index is 2.10. The first-order valence-corrected chi connectivity index (χ1v) is 6.63. The van der Waals surface area contributed by atoms with Crippen LogP contribution in [0.1, 0.15) is 0 Å². The third-order valence-electron chi connectivity index (χ3n) is 3.56. The minimum atomic E-state index is -0.375. The van der Waals surface area contributed by atoms with E-state index in [4.69, 9.17) is 0 Å². The number of fused-ring (bicyclic) bond motifs is 1. The predicted molar refractivity (Wildman–Crippen MR) is 85.1 cm³/mol. The first-order chi connectivity index (χ1) is 10.2. The maximum absolute atomic E-state index is 10.9. The van der Waals surface area contributed by atoms with E-state index in [2.05, 4.69) is 18.2 Å². The summed E-state index contributed by atoms with van der Waals surface area (Å²) in [5.41, 5.74) is 1.91. The molecule has 0 amide bonds. The second kappa shape index (κ2) is 5.25. The first kappa shape index (κ1) is 13.1. The highest BCUT2D eigenvalue weighted by molar-refractivity contribution is 5.96. The maximum atomic E-state index is 10.9. The van der Waals surface area contributed by atoms with Gasteiger partial charge in [-0.25, -0.2) is 0 Å². The molecule has 0 radical (unpaired) electrons. The molecule has 0 N–H and O–H groups in total. The fraction of sp³-hybridized carbons (Fsp3) is 0.0588. The summed E-state index contributed by atoms with van der Waals surface area (Å²) in [6.45, 7) is 0. The van der Waals surface area contributed by atoms with Crippen molar-refractivity contribution in [2.45, 2.75) is 0 Å². The Bertz CT molecular complexity index is 809. The number of benzene rings is 3. The van der Waals surface area contributed by atoms with E-state index in [9.17, 15) is 10.1 Å². The Morgan fingerprint density at radius 3 is 2.48 bits per heavy atom. The highest BCUT2D eigenvalue weighted by atomic mass is 16.6. The Morgan fingerprint density at radius 1 is 0.952 bits per heavy atom. The molecule has 0 aliphatic carbocycles. The quantitative estimate of drug-likeness (QED) is 0.523. The fourth-order valence-corrected chi connectivity index (χ4v) is 2.46. The van der Waals surface area contributed by atoms with Crippen molar-refractivity contribution < 1.29 is 4.92 Å². The van der Waals surface area contributed by atoms with Gasteiger partial charge in [0.1, 0.15) is 0 Å². The second-order valence-corrected chi connectivity index (χ2v) is 4.83. The molecule has 104 valence electrons. The third kappa shape index (κ3) is 2.43. The van der Waals surface area contributed by atoms with E-state index in [-0.39, 0.29) is 10.6 Å². The number of anilines is 2. The molecule has 0 aromatic heterocycles. The Kier molecular flexibility index (Phi) is 3.28. The summed E-state index contributed by atoms with van der Waals surface area (Å²) >= 11 is 0. The maximum Gasteiger partial charge on any atom is 0.271 e. The highest BCUT2D eigenvalue weighted by Crippen LogP contribution is 2.32. The van der Waals surface area contributed by atoms with Crippen molar-refractivity contribution in [1.82, 2.24) is 0 Å². The van der Waals surface area contributed by atoms with Gasteiger partial charge in [0.15, 0.2) is 0 Å². The first-order valence-electron chi connectivity index (χ1n) is 6.63. The summed E-state index contributed by atoms with van der Waals surface area (Å²) in [7, 11) is 1.92. The van der Waals surface area contributed by atoms with E-state index in [1.807, 2.05) is 42.3 Å². The molecule has 0 unspecified atom stereocenters. The Morgan fingerprint density at radius 2 is 1.67 bits per heavy atom. The molecule has 0 spiro atoms. The summed E-state index contributed by atoms with van der Waals surface area (Å²) in [4.78, 5) is 12.5. The van der Waals surface area contributed by atoms with Crippen molar-refractivity contribution in [2.24, 2.45) is 0 Å². The normalized spacial score (nSPS) is 10.5. The van der Waals surface area contributed by atoms with E-state index in [1.54, 1.807) is 12.1 Å². The summed E-state index contributed by atoms with van der Waals surface area (Å²) < 4.78 is 0. The van der Waals surface area contributed by atoms with Gasteiger partial charge in [-0.2, -0.15) is 0 Å². The van der Waals surface area contributed by atoms with Crippen LogP contribution in [0.4, 0.5) is 17.1 Å². The summed E-state index contributed by atoms with van der Waals surface area (Å²) in [5, 5.41) is 13.2. The molecule has 3 rings (SSSR count). The molecule has 4 heteroatoms. The van der Waals surface area contributed by atoms with Gasteiger partial charge in [-0.15, -0.1) is 0 Å². The lowest BCUT2D eigenvalue weighted by atomic mass is 10.1. The lowest BCUT2D eigenvalue weighted by Crippen LogP contribution is -2.10. The van der Waals surface area contributed by atoms with Crippen molar-refractivity contribution in [2.75, 3.05) is 11.9 Å². The van der Waals surface area contributed by atoms with Gasteiger partial charge in [0.05, 0.1) is 4.92 Å². The van der Waals surface area contributed by atoms with Gasteiger partial charge < -0.3 is 4.90 Å². The molecule has 0 atom stereocenters. The molecule has 0 heterocycles. The van der Waals surface area contributed by atoms with Crippen LogP contribution in [0.5, 0.6) is 0 Å². The minimum Gasteiger partial charge on any atom is -0.344 e. The van der Waals surface area contributed by atoms with Gasteiger partial charge in [-0.1, -0.05) is 42.5 Å². The van der Waals surface area contributed by atoms with Crippen LogP contribution in [0.3, 0.4) is 0 Å². The van der Waals surface area contributed by atoms with E-state index in [0.717, 1.165) is 22.1 Å². The van der Waals surface area contributed by atoms with E-state index < -0.39 is 0 Å². The third-order valence-corrected chi connectivity index (χ3v) is 3.56. The summed E-state index contributed by atoms with van der Waals surface area (Å²) in [6.07, 6.45) is 0. The lowest BCUT2D eigenvalue weighted by Gasteiger charge is -2.21. The monoisotopic (exact) mass is 278 g/mol. The van der Waals surface area contributed by atoms with Crippen LogP contribution in [0.15, 0.2) is 66.7 Å². The van der Waals surface area contributed by atoms with Crippen LogP contribution in [0.2, 0.25) is 0 Å². The molecule has 0 aliphatic rings. The van der Waals surface area contributed by atoms with Gasteiger partial charge in [-0.05, 0) is 17.5 Å². The zero-order chi connectivity index (χ0) is 14.8. The number of non-ortho nitro benzene ring substituents is 1. The number of nitro groups is 1. The van der Waals surface area contributed by atoms with Crippen LogP contribution in [-0.2, 0) is 0 Å². The molecule has 3 aromatic carbocycles. The fourth-order valence-electron chi connectivity index (χ4n) is 2.46. The minimum absolute atomic E-state index is 0.0968. The smallest absolute Gasteiger partial charge is 0.271 e. The van der Waals surface area contributed by atoms with E-state index in [1.165, 1.54) is 6.07 Å². The Hall–Kier alpha value is -2.88. The van der Waals surface area contributed by atoms with Gasteiger partial charge in [-0.3, -0.25) is 10.1 Å². The average Bonchev–Trinajstić information content (AvgIpc) is 2.53. The van der Waals surface area contributed by atoms with Crippen LogP contribution < -0.4 is 4.90 Å². The molecule has 0 bridgehead atoms. The van der Waals surface area contributed by atoms with Crippen molar-refractivity contribution >= 4 is 27.8 Å². The van der Waals surface area contributed by atoms with Crippen LogP contribution >= 0.6 is 0 Å². The van der Waals surface area contributed by atoms with Crippen molar-refractivity contribution in [3.63, 3.8) is 0 Å². The van der Waals surface area contributed by atoms with E-state index >= 15 is 0 Å². The molecule has 0 fully saturated rings. The molecule has 3 aromatic rings. The molecule has 4 nitrogen and oxygen atoms in total. The summed E-state index contributed by atoms with van der Waals surface area (Å²) in [5.74, 6) is 0. The number of rotatable bonds is 3. The van der Waals surface area contributed by atoms with Crippen molar-refractivity contribution in [3.8, 4) is 0 Å². The zero-order valence-electron chi connectivity index (χ0n) is 11.6. The molecule has 0 saturated carbocycles. The topological polar surface area (TPSA) is 46.4 Å². The molecule has 0 aliphatic heterocycles. The van der Waals surface area contributed by atoms with Crippen LogP contribution in [0, 0.1) is 10.1 Å². The Labute approximate surface area is 122 Å². The van der Waals surface area contributed by atoms with E-state index in [0.29, 0.717) is 0 Å². The number of nitro benzene ring substituents is 1. The van der Waals surface area contributed by atoms with Gasteiger partial charge in [0.2, 0.25) is 0 Å². The zero-order valence-corrected chi connectivity index (χ0v) is 11.6. The van der Waals surface area contributed by atoms with Gasteiger partial charge in [0, 0.05) is 35.9 Å². The van der Waals surface area contributed by atoms with Gasteiger partial charge in [0.25, 0.3) is 5.69 Å². The SMILES string of the molecule is CN(c1cccc([N+](=O)[O-])c1)c1cccc2ccccc12. The largest absolute Gasteiger partial charge is 0.344 e. The summed E-state index contributed by atoms with van der Waals surface area (Å²) in [6, 6.07) is 20.8. The lowest BCUT2D eigenvalue weighted by molar-refractivity contribution is -0.384. The molecule has 0 saturated heterocycles. The van der Waals surface area contributed by atoms with Crippen LogP contribution in [0.25, 0.3) is 10.8 Å². The number of nitrogens with zero attached hydrogens (tertiary/aromatic N) is 2. The molecular formula is C17H14N2O2. The second-order valence-electron chi connectivity index (χ2n) is 4.83. The molecule has 21 heavy (non-hydrogen) atoms. The van der Waals surface area contributed by atoms with Crippen LogP contribution in [-0.4, -0.2) is 12.0 Å². The standard InChI is InChI=1S/C17H14N2O2/c1-18(14-8-5-9-15(12-14)19(20)21)17-11-4-7-13-6-2-3-10-16(13)17/h2-12H,1H3.